The molecule has 1 aliphatic rings. The number of carbonyl (C=O) groups excluding carboxylic acids is 1. The quantitative estimate of drug-likeness (QED) is 0.779. The van der Waals surface area contributed by atoms with E-state index in [2.05, 4.69) is 5.32 Å². The molecule has 5 heteroatoms. The van der Waals surface area contributed by atoms with E-state index in [0.717, 1.165) is 32.4 Å². The molecule has 0 bridgehead atoms. The summed E-state index contributed by atoms with van der Waals surface area (Å²) >= 11 is 0. The highest BCUT2D eigenvalue weighted by molar-refractivity contribution is 7.90. The summed E-state index contributed by atoms with van der Waals surface area (Å²) in [5.41, 5.74) is -0.240. The fraction of sp³-hybridized carbons (Fsp3) is 0.917. The van der Waals surface area contributed by atoms with Crippen LogP contribution in [0.5, 0.6) is 0 Å². The minimum absolute atomic E-state index is 0.117. The molecule has 1 heterocycles. The fourth-order valence-corrected chi connectivity index (χ4v) is 3.13. The van der Waals surface area contributed by atoms with Crippen LogP contribution in [0.1, 0.15) is 39.0 Å². The number of hydrogen-bond acceptors (Lipinski definition) is 4. The molecule has 1 aliphatic heterocycles. The van der Waals surface area contributed by atoms with Gasteiger partial charge in [0.15, 0.2) is 0 Å². The topological polar surface area (TPSA) is 63.2 Å². The summed E-state index contributed by atoms with van der Waals surface area (Å²) in [6.07, 6.45) is 4.88. The second-order valence-corrected chi connectivity index (χ2v) is 7.33. The highest BCUT2D eigenvalue weighted by atomic mass is 32.2. The number of ketones is 1. The number of rotatable bonds is 6. The summed E-state index contributed by atoms with van der Waals surface area (Å²) < 4.78 is 22.0. The Morgan fingerprint density at radius 1 is 1.41 bits per heavy atom. The third-order valence-electron chi connectivity index (χ3n) is 3.66. The molecular formula is C12H23NO3S. The Morgan fingerprint density at radius 3 is 2.59 bits per heavy atom. The van der Waals surface area contributed by atoms with Crippen molar-refractivity contribution in [2.24, 2.45) is 5.41 Å². The first-order valence-corrected chi connectivity index (χ1v) is 8.37. The highest BCUT2D eigenvalue weighted by Gasteiger charge is 2.36. The van der Waals surface area contributed by atoms with Crippen LogP contribution in [-0.4, -0.2) is 39.3 Å². The Balaban J connectivity index is 2.49. The van der Waals surface area contributed by atoms with E-state index in [1.54, 1.807) is 0 Å². The van der Waals surface area contributed by atoms with Crippen molar-refractivity contribution in [1.29, 1.82) is 0 Å². The van der Waals surface area contributed by atoms with E-state index < -0.39 is 9.84 Å². The summed E-state index contributed by atoms with van der Waals surface area (Å²) in [7, 11) is -2.94. The lowest BCUT2D eigenvalue weighted by molar-refractivity contribution is -0.130. The van der Waals surface area contributed by atoms with Gasteiger partial charge in [0.25, 0.3) is 0 Å². The molecule has 0 radical (unpaired) electrons. The van der Waals surface area contributed by atoms with E-state index in [1.165, 1.54) is 6.26 Å². The summed E-state index contributed by atoms with van der Waals surface area (Å²) in [4.78, 5) is 12.2. The SMILES string of the molecule is CCC1(C(=O)CCCS(C)(=O)=O)CCCNC1. The molecule has 1 atom stereocenters. The van der Waals surface area contributed by atoms with Crippen molar-refractivity contribution in [3.05, 3.63) is 0 Å². The summed E-state index contributed by atoms with van der Waals surface area (Å²) in [5.74, 6) is 0.349. The van der Waals surface area contributed by atoms with E-state index in [0.29, 0.717) is 12.8 Å². The first-order chi connectivity index (χ1) is 7.90. The lowest BCUT2D eigenvalue weighted by Gasteiger charge is -2.35. The molecule has 1 unspecified atom stereocenters. The van der Waals surface area contributed by atoms with Crippen LogP contribution in [0.3, 0.4) is 0 Å². The second-order valence-electron chi connectivity index (χ2n) is 5.07. The Labute approximate surface area is 104 Å². The summed E-state index contributed by atoms with van der Waals surface area (Å²) in [5, 5.41) is 3.28. The fourth-order valence-electron chi connectivity index (χ4n) is 2.46. The molecule has 0 saturated carbocycles. The van der Waals surface area contributed by atoms with Gasteiger partial charge in [-0.2, -0.15) is 0 Å². The van der Waals surface area contributed by atoms with Crippen molar-refractivity contribution in [3.8, 4) is 0 Å². The Hall–Kier alpha value is -0.420. The highest BCUT2D eigenvalue weighted by Crippen LogP contribution is 2.32. The van der Waals surface area contributed by atoms with Crippen molar-refractivity contribution in [1.82, 2.24) is 5.32 Å². The number of sulfone groups is 1. The van der Waals surface area contributed by atoms with Crippen LogP contribution < -0.4 is 5.32 Å². The normalized spacial score (nSPS) is 25.8. The van der Waals surface area contributed by atoms with E-state index in [4.69, 9.17) is 0 Å². The van der Waals surface area contributed by atoms with Crippen molar-refractivity contribution in [2.75, 3.05) is 25.1 Å². The van der Waals surface area contributed by atoms with E-state index in [1.807, 2.05) is 6.92 Å². The molecule has 1 saturated heterocycles. The van der Waals surface area contributed by atoms with Crippen LogP contribution in [0.4, 0.5) is 0 Å². The molecule has 0 amide bonds. The van der Waals surface area contributed by atoms with Crippen LogP contribution in [0, 0.1) is 5.41 Å². The maximum atomic E-state index is 12.2. The van der Waals surface area contributed by atoms with Gasteiger partial charge < -0.3 is 5.32 Å². The molecule has 0 aliphatic carbocycles. The zero-order chi connectivity index (χ0) is 12.9. The molecule has 0 spiro atoms. The lowest BCUT2D eigenvalue weighted by atomic mass is 9.73. The minimum Gasteiger partial charge on any atom is -0.316 e. The van der Waals surface area contributed by atoms with E-state index >= 15 is 0 Å². The molecule has 0 aromatic rings. The first-order valence-electron chi connectivity index (χ1n) is 6.31. The average Bonchev–Trinajstić information content (AvgIpc) is 2.28. The zero-order valence-corrected chi connectivity index (χ0v) is 11.6. The predicted octanol–water partition coefficient (Wildman–Crippen LogP) is 1.16. The predicted molar refractivity (Wildman–Crippen MR) is 68.8 cm³/mol. The smallest absolute Gasteiger partial charge is 0.147 e. The maximum absolute atomic E-state index is 12.2. The van der Waals surface area contributed by atoms with Gasteiger partial charge in [0.05, 0.1) is 5.75 Å². The monoisotopic (exact) mass is 261 g/mol. The van der Waals surface area contributed by atoms with Crippen LogP contribution in [0.2, 0.25) is 0 Å². The van der Waals surface area contributed by atoms with Crippen molar-refractivity contribution < 1.29 is 13.2 Å². The number of nitrogens with one attached hydrogen (secondary N) is 1. The lowest BCUT2D eigenvalue weighted by Crippen LogP contribution is -2.45. The molecule has 4 nitrogen and oxygen atoms in total. The van der Waals surface area contributed by atoms with Gasteiger partial charge in [-0.3, -0.25) is 4.79 Å². The molecule has 100 valence electrons. The summed E-state index contributed by atoms with van der Waals surface area (Å²) in [6.45, 7) is 3.78. The van der Waals surface area contributed by atoms with E-state index in [9.17, 15) is 13.2 Å². The van der Waals surface area contributed by atoms with Gasteiger partial charge in [0, 0.05) is 24.6 Å². The third-order valence-corrected chi connectivity index (χ3v) is 4.69. The van der Waals surface area contributed by atoms with Crippen LogP contribution in [0.25, 0.3) is 0 Å². The maximum Gasteiger partial charge on any atom is 0.147 e. The zero-order valence-electron chi connectivity index (χ0n) is 10.8. The molecule has 0 aromatic heterocycles. The number of hydrogen-bond donors (Lipinski definition) is 1. The second kappa shape index (κ2) is 5.96. The Bertz CT molecular complexity index is 356. The molecule has 1 N–H and O–H groups in total. The summed E-state index contributed by atoms with van der Waals surface area (Å²) in [6, 6.07) is 0. The molecular weight excluding hydrogens is 238 g/mol. The molecule has 0 aromatic carbocycles. The van der Waals surface area contributed by atoms with Crippen LogP contribution in [-0.2, 0) is 14.6 Å². The largest absolute Gasteiger partial charge is 0.316 e. The third kappa shape index (κ3) is 4.39. The van der Waals surface area contributed by atoms with Crippen molar-refractivity contribution >= 4 is 15.6 Å². The molecule has 17 heavy (non-hydrogen) atoms. The number of carbonyl (C=O) groups is 1. The Morgan fingerprint density at radius 2 is 2.12 bits per heavy atom. The molecule has 1 rings (SSSR count). The van der Waals surface area contributed by atoms with Crippen LogP contribution in [0.15, 0.2) is 0 Å². The van der Waals surface area contributed by atoms with Gasteiger partial charge in [0.1, 0.15) is 15.6 Å². The molecule has 1 fully saturated rings. The standard InChI is InChI=1S/C12H23NO3S/c1-3-12(7-5-8-13-10-12)11(14)6-4-9-17(2,15)16/h13H,3-10H2,1-2H3. The van der Waals surface area contributed by atoms with E-state index in [-0.39, 0.29) is 17.0 Å². The first kappa shape index (κ1) is 14.6. The average molecular weight is 261 g/mol. The van der Waals surface area contributed by atoms with Gasteiger partial charge in [-0.05, 0) is 32.2 Å². The van der Waals surface area contributed by atoms with Crippen molar-refractivity contribution in [2.45, 2.75) is 39.0 Å². The van der Waals surface area contributed by atoms with Gasteiger partial charge >= 0.3 is 0 Å². The van der Waals surface area contributed by atoms with Gasteiger partial charge in [-0.15, -0.1) is 0 Å². The number of Topliss-reactive ketones (excluding diaryl/α,β-unsaturated/α-hetero) is 1. The van der Waals surface area contributed by atoms with Crippen LogP contribution >= 0.6 is 0 Å². The number of piperidine rings is 1. The minimum atomic E-state index is -2.94. The van der Waals surface area contributed by atoms with Gasteiger partial charge in [0.2, 0.25) is 0 Å². The van der Waals surface area contributed by atoms with Crippen molar-refractivity contribution in [3.63, 3.8) is 0 Å². The van der Waals surface area contributed by atoms with Gasteiger partial charge in [-0.1, -0.05) is 6.92 Å². The Kier molecular flexibility index (Phi) is 5.13. The van der Waals surface area contributed by atoms with Gasteiger partial charge in [-0.25, -0.2) is 8.42 Å².